The molecule has 0 atom stereocenters. The monoisotopic (exact) mass is 369 g/mol. The second-order valence-electron chi connectivity index (χ2n) is 7.20. The van der Waals surface area contributed by atoms with Gasteiger partial charge in [0, 0.05) is 12.6 Å². The minimum atomic E-state index is 0.390. The molecule has 2 aromatic heterocycles. The van der Waals surface area contributed by atoms with E-state index in [1.165, 1.54) is 12.8 Å². The van der Waals surface area contributed by atoms with Crippen LogP contribution in [0.5, 0.6) is 11.5 Å². The van der Waals surface area contributed by atoms with Gasteiger partial charge in [-0.25, -0.2) is 0 Å². The first kappa shape index (κ1) is 15.9. The molecule has 134 valence electrons. The van der Waals surface area contributed by atoms with Crippen molar-refractivity contribution in [2.75, 3.05) is 0 Å². The fraction of sp³-hybridized carbons (Fsp3) is 0.400. The van der Waals surface area contributed by atoms with E-state index in [-0.39, 0.29) is 0 Å². The molecule has 0 saturated heterocycles. The molecule has 0 N–H and O–H groups in total. The average Bonchev–Trinajstić information content (AvgIpc) is 3.56. The Bertz CT molecular complexity index is 947. The topological polar surface area (TPSA) is 48.7 Å². The van der Waals surface area contributed by atoms with Gasteiger partial charge in [-0.2, -0.15) is 0 Å². The SMILES string of the molecule is Clc1c(OCc2cccc(OC3CC3)c2)ccn2c(CC3CC3)nnc12. The van der Waals surface area contributed by atoms with Crippen LogP contribution < -0.4 is 9.47 Å². The molecule has 2 fully saturated rings. The predicted molar refractivity (Wildman–Crippen MR) is 98.8 cm³/mol. The number of nitrogens with zero attached hydrogens (tertiary/aromatic N) is 3. The number of ether oxygens (including phenoxy) is 2. The minimum absolute atomic E-state index is 0.390. The average molecular weight is 370 g/mol. The molecule has 0 spiro atoms. The van der Waals surface area contributed by atoms with Gasteiger partial charge in [-0.05, 0) is 55.4 Å². The highest BCUT2D eigenvalue weighted by Gasteiger charge is 2.25. The van der Waals surface area contributed by atoms with E-state index in [0.29, 0.717) is 29.1 Å². The van der Waals surface area contributed by atoms with E-state index in [9.17, 15) is 0 Å². The third-order valence-electron chi connectivity index (χ3n) is 4.84. The van der Waals surface area contributed by atoms with E-state index >= 15 is 0 Å². The molecule has 2 heterocycles. The zero-order chi connectivity index (χ0) is 17.5. The van der Waals surface area contributed by atoms with Crippen LogP contribution in [0, 0.1) is 5.92 Å². The number of hydrogen-bond donors (Lipinski definition) is 0. The summed E-state index contributed by atoms with van der Waals surface area (Å²) in [5, 5.41) is 9.05. The normalized spacial score (nSPS) is 16.8. The van der Waals surface area contributed by atoms with E-state index in [1.807, 2.05) is 40.9 Å². The van der Waals surface area contributed by atoms with Crippen molar-refractivity contribution in [1.82, 2.24) is 14.6 Å². The predicted octanol–water partition coefficient (Wildman–Crippen LogP) is 4.46. The Morgan fingerprint density at radius 1 is 1.12 bits per heavy atom. The quantitative estimate of drug-likeness (QED) is 0.617. The molecule has 0 amide bonds. The molecule has 0 radical (unpaired) electrons. The van der Waals surface area contributed by atoms with Crippen LogP contribution in [0.4, 0.5) is 0 Å². The number of aromatic nitrogens is 3. The maximum atomic E-state index is 6.51. The van der Waals surface area contributed by atoms with Crippen molar-refractivity contribution >= 4 is 17.2 Å². The summed E-state index contributed by atoms with van der Waals surface area (Å²) < 4.78 is 13.7. The molecule has 3 aromatic rings. The van der Waals surface area contributed by atoms with Gasteiger partial charge in [0.2, 0.25) is 0 Å². The van der Waals surface area contributed by atoms with E-state index in [0.717, 1.165) is 42.3 Å². The smallest absolute Gasteiger partial charge is 0.183 e. The lowest BCUT2D eigenvalue weighted by Crippen LogP contribution is -2.01. The summed E-state index contributed by atoms with van der Waals surface area (Å²) in [7, 11) is 0. The molecule has 2 aliphatic rings. The third kappa shape index (κ3) is 3.36. The van der Waals surface area contributed by atoms with Crippen molar-refractivity contribution in [1.29, 1.82) is 0 Å². The largest absolute Gasteiger partial charge is 0.490 e. The molecular formula is C20H20ClN3O2. The molecule has 5 rings (SSSR count). The van der Waals surface area contributed by atoms with Gasteiger partial charge in [-0.1, -0.05) is 23.7 Å². The first-order valence-electron chi connectivity index (χ1n) is 9.17. The van der Waals surface area contributed by atoms with Crippen molar-refractivity contribution in [2.24, 2.45) is 5.92 Å². The van der Waals surface area contributed by atoms with Crippen LogP contribution in [-0.4, -0.2) is 20.7 Å². The maximum Gasteiger partial charge on any atom is 0.183 e. The summed E-state index contributed by atoms with van der Waals surface area (Å²) in [6.07, 6.45) is 8.17. The molecule has 0 aliphatic heterocycles. The van der Waals surface area contributed by atoms with Crippen molar-refractivity contribution in [3.63, 3.8) is 0 Å². The Labute approximate surface area is 156 Å². The van der Waals surface area contributed by atoms with Gasteiger partial charge < -0.3 is 9.47 Å². The van der Waals surface area contributed by atoms with Crippen LogP contribution in [0.2, 0.25) is 5.02 Å². The lowest BCUT2D eigenvalue weighted by Gasteiger charge is -2.10. The van der Waals surface area contributed by atoms with Crippen LogP contribution in [0.15, 0.2) is 36.5 Å². The minimum Gasteiger partial charge on any atom is -0.490 e. The van der Waals surface area contributed by atoms with E-state index < -0.39 is 0 Å². The number of benzene rings is 1. The summed E-state index contributed by atoms with van der Waals surface area (Å²) in [6, 6.07) is 9.91. The lowest BCUT2D eigenvalue weighted by atomic mass is 10.2. The molecule has 2 saturated carbocycles. The fourth-order valence-corrected chi connectivity index (χ4v) is 3.28. The fourth-order valence-electron chi connectivity index (χ4n) is 3.03. The van der Waals surface area contributed by atoms with Gasteiger partial charge in [-0.3, -0.25) is 4.40 Å². The number of halogens is 1. The number of pyridine rings is 1. The lowest BCUT2D eigenvalue weighted by molar-refractivity contribution is 0.294. The number of fused-ring (bicyclic) bond motifs is 1. The first-order valence-corrected chi connectivity index (χ1v) is 9.54. The second kappa shape index (κ2) is 6.47. The maximum absolute atomic E-state index is 6.51. The first-order chi connectivity index (χ1) is 12.8. The van der Waals surface area contributed by atoms with Gasteiger partial charge in [-0.15, -0.1) is 10.2 Å². The molecule has 2 aliphatic carbocycles. The highest BCUT2D eigenvalue weighted by atomic mass is 35.5. The molecule has 26 heavy (non-hydrogen) atoms. The van der Waals surface area contributed by atoms with Crippen molar-refractivity contribution in [3.05, 3.63) is 52.9 Å². The standard InChI is InChI=1S/C20H20ClN3O2/c21-19-17(8-9-24-18(11-13-4-5-13)22-23-20(19)24)25-12-14-2-1-3-16(10-14)26-15-6-7-15/h1-3,8-10,13,15H,4-7,11-12H2. The number of hydrogen-bond acceptors (Lipinski definition) is 4. The Balaban J connectivity index is 1.32. The molecule has 0 bridgehead atoms. The summed E-state index contributed by atoms with van der Waals surface area (Å²) in [6.45, 7) is 0.431. The van der Waals surface area contributed by atoms with Crippen molar-refractivity contribution in [3.8, 4) is 11.5 Å². The zero-order valence-electron chi connectivity index (χ0n) is 14.4. The van der Waals surface area contributed by atoms with Gasteiger partial charge >= 0.3 is 0 Å². The molecule has 5 nitrogen and oxygen atoms in total. The third-order valence-corrected chi connectivity index (χ3v) is 5.20. The zero-order valence-corrected chi connectivity index (χ0v) is 15.2. The number of rotatable bonds is 7. The molecular weight excluding hydrogens is 350 g/mol. The summed E-state index contributed by atoms with van der Waals surface area (Å²) in [4.78, 5) is 0. The van der Waals surface area contributed by atoms with Crippen LogP contribution in [0.25, 0.3) is 5.65 Å². The Hall–Kier alpha value is -2.27. The Morgan fingerprint density at radius 3 is 2.81 bits per heavy atom. The Morgan fingerprint density at radius 2 is 2.00 bits per heavy atom. The summed E-state index contributed by atoms with van der Waals surface area (Å²) in [5.74, 6) is 3.25. The van der Waals surface area contributed by atoms with Crippen LogP contribution in [0.3, 0.4) is 0 Å². The molecule has 6 heteroatoms. The van der Waals surface area contributed by atoms with E-state index in [1.54, 1.807) is 0 Å². The highest BCUT2D eigenvalue weighted by molar-refractivity contribution is 6.34. The summed E-state index contributed by atoms with van der Waals surface area (Å²) >= 11 is 6.51. The van der Waals surface area contributed by atoms with Crippen LogP contribution >= 0.6 is 11.6 Å². The van der Waals surface area contributed by atoms with Gasteiger partial charge in [0.1, 0.15) is 29.0 Å². The molecule has 1 aromatic carbocycles. The molecule has 0 unspecified atom stereocenters. The van der Waals surface area contributed by atoms with Crippen molar-refractivity contribution in [2.45, 2.75) is 44.8 Å². The van der Waals surface area contributed by atoms with Gasteiger partial charge in [0.05, 0.1) is 6.10 Å². The van der Waals surface area contributed by atoms with E-state index in [2.05, 4.69) is 10.2 Å². The van der Waals surface area contributed by atoms with Gasteiger partial charge in [0.15, 0.2) is 5.65 Å². The second-order valence-corrected chi connectivity index (χ2v) is 7.58. The highest BCUT2D eigenvalue weighted by Crippen LogP contribution is 2.34. The summed E-state index contributed by atoms with van der Waals surface area (Å²) in [5.41, 5.74) is 1.71. The van der Waals surface area contributed by atoms with Gasteiger partial charge in [0.25, 0.3) is 0 Å². The van der Waals surface area contributed by atoms with Crippen molar-refractivity contribution < 1.29 is 9.47 Å². The van der Waals surface area contributed by atoms with Crippen LogP contribution in [-0.2, 0) is 13.0 Å². The van der Waals surface area contributed by atoms with Crippen LogP contribution in [0.1, 0.15) is 37.1 Å². The Kier molecular flexibility index (Phi) is 3.97. The van der Waals surface area contributed by atoms with E-state index in [4.69, 9.17) is 21.1 Å².